The molecule has 2 unspecified atom stereocenters. The number of rotatable bonds is 7. The average molecular weight is 320 g/mol. The van der Waals surface area contributed by atoms with E-state index in [0.29, 0.717) is 19.0 Å². The van der Waals surface area contributed by atoms with Crippen LogP contribution in [0.25, 0.3) is 0 Å². The molecule has 1 fully saturated rings. The highest BCUT2D eigenvalue weighted by atomic mass is 32.2. The first kappa shape index (κ1) is 18.9. The molecule has 1 saturated heterocycles. The molecule has 0 aromatic carbocycles. The van der Waals surface area contributed by atoms with Crippen LogP contribution in [0.5, 0.6) is 0 Å². The zero-order valence-corrected chi connectivity index (χ0v) is 15.1. The maximum Gasteiger partial charge on any atom is 0.279 e. The molecule has 126 valence electrons. The van der Waals surface area contributed by atoms with E-state index in [0.717, 1.165) is 32.4 Å². The summed E-state index contributed by atoms with van der Waals surface area (Å²) in [5, 5.41) is 3.28. The van der Waals surface area contributed by atoms with Crippen LogP contribution >= 0.6 is 0 Å². The van der Waals surface area contributed by atoms with Gasteiger partial charge in [-0.15, -0.1) is 0 Å². The van der Waals surface area contributed by atoms with Crippen LogP contribution in [-0.4, -0.2) is 44.9 Å². The Morgan fingerprint density at radius 3 is 2.52 bits per heavy atom. The Morgan fingerprint density at radius 1 is 1.29 bits per heavy atom. The van der Waals surface area contributed by atoms with E-state index in [1.54, 1.807) is 4.31 Å². The van der Waals surface area contributed by atoms with Gasteiger partial charge in [0.2, 0.25) is 0 Å². The van der Waals surface area contributed by atoms with Crippen molar-refractivity contribution >= 4 is 10.2 Å². The van der Waals surface area contributed by atoms with Crippen LogP contribution in [0.4, 0.5) is 0 Å². The molecule has 2 atom stereocenters. The molecular formula is C15H33N3O2S. The third-order valence-corrected chi connectivity index (χ3v) is 6.19. The van der Waals surface area contributed by atoms with E-state index in [4.69, 9.17) is 0 Å². The highest BCUT2D eigenvalue weighted by Gasteiger charge is 2.32. The van der Waals surface area contributed by atoms with Crippen molar-refractivity contribution in [3.8, 4) is 0 Å². The molecule has 1 heterocycles. The minimum absolute atomic E-state index is 0.0844. The molecule has 0 bridgehead atoms. The van der Waals surface area contributed by atoms with Crippen molar-refractivity contribution in [1.82, 2.24) is 14.3 Å². The highest BCUT2D eigenvalue weighted by molar-refractivity contribution is 7.87. The minimum Gasteiger partial charge on any atom is -0.315 e. The Morgan fingerprint density at radius 2 is 1.95 bits per heavy atom. The van der Waals surface area contributed by atoms with Gasteiger partial charge in [-0.3, -0.25) is 0 Å². The Balaban J connectivity index is 2.66. The lowest BCUT2D eigenvalue weighted by Crippen LogP contribution is -2.53. The molecule has 1 aliphatic heterocycles. The molecule has 0 aromatic heterocycles. The molecule has 0 amide bonds. The lowest BCUT2D eigenvalue weighted by atomic mass is 9.82. The van der Waals surface area contributed by atoms with E-state index in [9.17, 15) is 8.42 Å². The van der Waals surface area contributed by atoms with Gasteiger partial charge in [-0.25, -0.2) is 4.72 Å². The predicted molar refractivity (Wildman–Crippen MR) is 88.4 cm³/mol. The topological polar surface area (TPSA) is 61.4 Å². The third-order valence-electron chi connectivity index (χ3n) is 4.56. The van der Waals surface area contributed by atoms with Gasteiger partial charge in [-0.1, -0.05) is 41.0 Å². The monoisotopic (exact) mass is 319 g/mol. The summed E-state index contributed by atoms with van der Waals surface area (Å²) < 4.78 is 29.6. The van der Waals surface area contributed by atoms with Gasteiger partial charge >= 0.3 is 0 Å². The minimum atomic E-state index is -3.37. The van der Waals surface area contributed by atoms with Gasteiger partial charge in [0.25, 0.3) is 10.2 Å². The van der Waals surface area contributed by atoms with Crippen LogP contribution < -0.4 is 10.0 Å². The summed E-state index contributed by atoms with van der Waals surface area (Å²) in [4.78, 5) is 0. The predicted octanol–water partition coefficient (Wildman–Crippen LogP) is 1.97. The highest BCUT2D eigenvalue weighted by Crippen LogP contribution is 2.25. The van der Waals surface area contributed by atoms with Crippen LogP contribution in [0.1, 0.15) is 53.9 Å². The normalized spacial score (nSPS) is 23.2. The number of likely N-dealkylation sites (N-methyl/N-ethyl adjacent to an activating group) is 1. The first-order valence-electron chi connectivity index (χ1n) is 8.15. The second-order valence-electron chi connectivity index (χ2n) is 7.19. The Bertz CT molecular complexity index is 404. The fourth-order valence-corrected chi connectivity index (χ4v) is 3.99. The third kappa shape index (κ3) is 5.85. The summed E-state index contributed by atoms with van der Waals surface area (Å²) >= 11 is 0. The fraction of sp³-hybridized carbons (Fsp3) is 1.00. The van der Waals surface area contributed by atoms with Crippen molar-refractivity contribution in [2.24, 2.45) is 11.3 Å². The van der Waals surface area contributed by atoms with Gasteiger partial charge in [0.1, 0.15) is 0 Å². The summed E-state index contributed by atoms with van der Waals surface area (Å²) in [5.41, 5.74) is 0.105. The maximum absolute atomic E-state index is 12.6. The lowest BCUT2D eigenvalue weighted by molar-refractivity contribution is 0.235. The van der Waals surface area contributed by atoms with E-state index < -0.39 is 10.2 Å². The number of nitrogens with one attached hydrogen (secondary N) is 2. The molecule has 1 aliphatic rings. The molecule has 21 heavy (non-hydrogen) atoms. The van der Waals surface area contributed by atoms with Crippen molar-refractivity contribution in [3.05, 3.63) is 0 Å². The van der Waals surface area contributed by atoms with Crippen LogP contribution in [0.15, 0.2) is 0 Å². The van der Waals surface area contributed by atoms with Gasteiger partial charge in [-0.05, 0) is 30.7 Å². The van der Waals surface area contributed by atoms with E-state index >= 15 is 0 Å². The summed E-state index contributed by atoms with van der Waals surface area (Å²) in [6, 6.07) is 0.0844. The number of nitrogens with zero attached hydrogens (tertiary/aromatic N) is 1. The van der Waals surface area contributed by atoms with E-state index in [1.165, 1.54) is 0 Å². The SMILES string of the molecule is CCNCC1CCCCN1S(=O)(=O)NCC(C)C(C)(C)C. The average Bonchev–Trinajstić information content (AvgIpc) is 2.41. The Labute approximate surface area is 131 Å². The number of hydrogen-bond acceptors (Lipinski definition) is 3. The quantitative estimate of drug-likeness (QED) is 0.754. The molecule has 0 spiro atoms. The van der Waals surface area contributed by atoms with Crippen LogP contribution in [0.3, 0.4) is 0 Å². The van der Waals surface area contributed by atoms with E-state index in [2.05, 4.69) is 37.7 Å². The van der Waals surface area contributed by atoms with Crippen molar-refractivity contribution in [2.45, 2.75) is 59.9 Å². The van der Waals surface area contributed by atoms with Crippen LogP contribution in [-0.2, 0) is 10.2 Å². The molecule has 2 N–H and O–H groups in total. The second kappa shape index (κ2) is 7.90. The zero-order valence-electron chi connectivity index (χ0n) is 14.3. The molecular weight excluding hydrogens is 286 g/mol. The Kier molecular flexibility index (Phi) is 7.10. The fourth-order valence-electron chi connectivity index (χ4n) is 2.42. The van der Waals surface area contributed by atoms with Gasteiger partial charge < -0.3 is 5.32 Å². The summed E-state index contributed by atoms with van der Waals surface area (Å²) in [6.07, 6.45) is 3.02. The zero-order chi connectivity index (χ0) is 16.1. The largest absolute Gasteiger partial charge is 0.315 e. The van der Waals surface area contributed by atoms with Crippen molar-refractivity contribution in [2.75, 3.05) is 26.2 Å². The van der Waals surface area contributed by atoms with Crippen molar-refractivity contribution < 1.29 is 8.42 Å². The van der Waals surface area contributed by atoms with Crippen LogP contribution in [0, 0.1) is 11.3 Å². The van der Waals surface area contributed by atoms with Crippen molar-refractivity contribution in [1.29, 1.82) is 0 Å². The molecule has 1 rings (SSSR count). The smallest absolute Gasteiger partial charge is 0.279 e. The second-order valence-corrected chi connectivity index (χ2v) is 8.90. The molecule has 0 saturated carbocycles. The van der Waals surface area contributed by atoms with E-state index in [1.807, 2.05) is 6.92 Å². The number of piperidine rings is 1. The first-order valence-corrected chi connectivity index (χ1v) is 9.59. The lowest BCUT2D eigenvalue weighted by Gasteiger charge is -2.35. The summed E-state index contributed by atoms with van der Waals surface area (Å²) in [6.45, 7) is 13.3. The molecule has 0 aromatic rings. The first-order chi connectivity index (χ1) is 9.68. The van der Waals surface area contributed by atoms with Gasteiger partial charge in [0.05, 0.1) is 0 Å². The number of hydrogen-bond donors (Lipinski definition) is 2. The molecule has 6 heteroatoms. The molecule has 0 radical (unpaired) electrons. The van der Waals surface area contributed by atoms with Gasteiger partial charge in [-0.2, -0.15) is 12.7 Å². The molecule has 5 nitrogen and oxygen atoms in total. The van der Waals surface area contributed by atoms with Gasteiger partial charge in [0, 0.05) is 25.7 Å². The summed E-state index contributed by atoms with van der Waals surface area (Å²) in [7, 11) is -3.37. The van der Waals surface area contributed by atoms with Gasteiger partial charge in [0.15, 0.2) is 0 Å². The van der Waals surface area contributed by atoms with Crippen LogP contribution in [0.2, 0.25) is 0 Å². The maximum atomic E-state index is 12.6. The Hall–Kier alpha value is -0.170. The van der Waals surface area contributed by atoms with E-state index in [-0.39, 0.29) is 11.5 Å². The standard InChI is InChI=1S/C15H33N3O2S/c1-6-16-12-14-9-7-8-10-18(14)21(19,20)17-11-13(2)15(3,4)5/h13-14,16-17H,6-12H2,1-5H3. The summed E-state index contributed by atoms with van der Waals surface area (Å²) in [5.74, 6) is 0.296. The molecule has 0 aliphatic carbocycles. The van der Waals surface area contributed by atoms with Crippen molar-refractivity contribution in [3.63, 3.8) is 0 Å².